The zero-order chi connectivity index (χ0) is 12.9. The number of hydrogen-bond donors (Lipinski definition) is 3. The summed E-state index contributed by atoms with van der Waals surface area (Å²) in [6.07, 6.45) is 1.58. The van der Waals surface area contributed by atoms with Crippen molar-refractivity contribution in [2.24, 2.45) is 5.92 Å². The Morgan fingerprint density at radius 3 is 2.82 bits per heavy atom. The van der Waals surface area contributed by atoms with E-state index >= 15 is 0 Å². The van der Waals surface area contributed by atoms with Gasteiger partial charge < -0.3 is 20.5 Å². The molecule has 17 heavy (non-hydrogen) atoms. The molecule has 1 aliphatic rings. The maximum absolute atomic E-state index is 11.9. The third kappa shape index (κ3) is 4.26. The lowest BCUT2D eigenvalue weighted by Crippen LogP contribution is -2.47. The van der Waals surface area contributed by atoms with Gasteiger partial charge in [-0.2, -0.15) is 0 Å². The van der Waals surface area contributed by atoms with E-state index in [1.165, 1.54) is 0 Å². The second-order valence-electron chi connectivity index (χ2n) is 5.00. The summed E-state index contributed by atoms with van der Waals surface area (Å²) in [5, 5.41) is 15.8. The minimum Gasteiger partial charge on any atom is -0.388 e. The van der Waals surface area contributed by atoms with Gasteiger partial charge in [-0.05, 0) is 20.4 Å². The molecule has 0 radical (unpaired) electrons. The van der Waals surface area contributed by atoms with Gasteiger partial charge in [0.05, 0.1) is 24.7 Å². The van der Waals surface area contributed by atoms with Crippen LogP contribution in [0.25, 0.3) is 0 Å². The number of nitrogens with one attached hydrogen (secondary N) is 2. The van der Waals surface area contributed by atoms with Gasteiger partial charge in [0.25, 0.3) is 0 Å². The Morgan fingerprint density at radius 1 is 1.53 bits per heavy atom. The molecule has 0 aromatic heterocycles. The van der Waals surface area contributed by atoms with E-state index in [-0.39, 0.29) is 17.9 Å². The number of hydrogen-bond acceptors (Lipinski definition) is 4. The first-order valence-electron chi connectivity index (χ1n) is 6.25. The molecule has 1 rings (SSSR count). The summed E-state index contributed by atoms with van der Waals surface area (Å²) in [7, 11) is 1.83. The van der Waals surface area contributed by atoms with Crippen LogP contribution in [0.5, 0.6) is 0 Å². The van der Waals surface area contributed by atoms with Crippen molar-refractivity contribution in [3.8, 4) is 0 Å². The standard InChI is InChI=1S/C12H24N2O3/c1-4-5-12(2,16)8-14-11(15)9-6-17-7-10(9)13-3/h9-10,13,16H,4-8H2,1-3H3,(H,14,15). The van der Waals surface area contributed by atoms with Crippen molar-refractivity contribution in [2.45, 2.75) is 38.3 Å². The number of aliphatic hydroxyl groups is 1. The van der Waals surface area contributed by atoms with Crippen LogP contribution in [0.4, 0.5) is 0 Å². The molecule has 0 spiro atoms. The highest BCUT2D eigenvalue weighted by Gasteiger charge is 2.33. The van der Waals surface area contributed by atoms with Gasteiger partial charge in [0.15, 0.2) is 0 Å². The lowest BCUT2D eigenvalue weighted by Gasteiger charge is -2.24. The van der Waals surface area contributed by atoms with Crippen molar-refractivity contribution >= 4 is 5.91 Å². The van der Waals surface area contributed by atoms with E-state index in [9.17, 15) is 9.90 Å². The Hall–Kier alpha value is -0.650. The molecular formula is C12H24N2O3. The van der Waals surface area contributed by atoms with Crippen LogP contribution >= 0.6 is 0 Å². The van der Waals surface area contributed by atoms with E-state index in [1.54, 1.807) is 6.92 Å². The Bertz CT molecular complexity index is 256. The molecule has 0 aliphatic carbocycles. The summed E-state index contributed by atoms with van der Waals surface area (Å²) in [5.41, 5.74) is -0.820. The maximum Gasteiger partial charge on any atom is 0.227 e. The smallest absolute Gasteiger partial charge is 0.227 e. The average molecular weight is 244 g/mol. The van der Waals surface area contributed by atoms with E-state index < -0.39 is 5.60 Å². The molecule has 3 atom stereocenters. The minimum atomic E-state index is -0.820. The molecule has 1 fully saturated rings. The van der Waals surface area contributed by atoms with E-state index in [2.05, 4.69) is 10.6 Å². The number of carbonyl (C=O) groups is 1. The van der Waals surface area contributed by atoms with Crippen molar-refractivity contribution in [2.75, 3.05) is 26.8 Å². The van der Waals surface area contributed by atoms with Crippen LogP contribution in [0.1, 0.15) is 26.7 Å². The number of ether oxygens (including phenoxy) is 1. The van der Waals surface area contributed by atoms with Crippen LogP contribution in [-0.4, -0.2) is 49.5 Å². The largest absolute Gasteiger partial charge is 0.388 e. The topological polar surface area (TPSA) is 70.6 Å². The van der Waals surface area contributed by atoms with Gasteiger partial charge in [-0.15, -0.1) is 0 Å². The van der Waals surface area contributed by atoms with Crippen LogP contribution in [0.15, 0.2) is 0 Å². The molecule has 0 aromatic rings. The van der Waals surface area contributed by atoms with Gasteiger partial charge >= 0.3 is 0 Å². The molecule has 100 valence electrons. The van der Waals surface area contributed by atoms with E-state index in [4.69, 9.17) is 4.74 Å². The molecular weight excluding hydrogens is 220 g/mol. The van der Waals surface area contributed by atoms with Gasteiger partial charge in [0, 0.05) is 12.6 Å². The van der Waals surface area contributed by atoms with Crippen LogP contribution in [0, 0.1) is 5.92 Å². The summed E-state index contributed by atoms with van der Waals surface area (Å²) in [6, 6.07) is 0.0751. The monoisotopic (exact) mass is 244 g/mol. The molecule has 1 aliphatic heterocycles. The van der Waals surface area contributed by atoms with Crippen molar-refractivity contribution in [3.05, 3.63) is 0 Å². The molecule has 3 unspecified atom stereocenters. The van der Waals surface area contributed by atoms with Crippen molar-refractivity contribution < 1.29 is 14.6 Å². The zero-order valence-corrected chi connectivity index (χ0v) is 11.0. The normalized spacial score (nSPS) is 27.8. The van der Waals surface area contributed by atoms with E-state index in [1.807, 2.05) is 14.0 Å². The number of likely N-dealkylation sites (N-methyl/N-ethyl adjacent to an activating group) is 1. The fraction of sp³-hybridized carbons (Fsp3) is 0.917. The summed E-state index contributed by atoms with van der Waals surface area (Å²) < 4.78 is 5.28. The summed E-state index contributed by atoms with van der Waals surface area (Å²) in [4.78, 5) is 11.9. The highest BCUT2D eigenvalue weighted by molar-refractivity contribution is 5.79. The first-order chi connectivity index (χ1) is 8.00. The fourth-order valence-electron chi connectivity index (χ4n) is 2.13. The molecule has 5 nitrogen and oxygen atoms in total. The number of rotatable bonds is 6. The lowest BCUT2D eigenvalue weighted by molar-refractivity contribution is -0.126. The molecule has 1 amide bonds. The lowest BCUT2D eigenvalue weighted by atomic mass is 9.99. The second kappa shape index (κ2) is 6.33. The Balaban J connectivity index is 2.39. The summed E-state index contributed by atoms with van der Waals surface area (Å²) in [5.74, 6) is -0.198. The first kappa shape index (κ1) is 14.4. The fourth-order valence-corrected chi connectivity index (χ4v) is 2.13. The predicted molar refractivity (Wildman–Crippen MR) is 65.7 cm³/mol. The van der Waals surface area contributed by atoms with Crippen molar-refractivity contribution in [1.82, 2.24) is 10.6 Å². The minimum absolute atomic E-state index is 0.0433. The van der Waals surface area contributed by atoms with Crippen LogP contribution in [0.2, 0.25) is 0 Å². The van der Waals surface area contributed by atoms with E-state index in [0.29, 0.717) is 26.2 Å². The average Bonchev–Trinajstić information content (AvgIpc) is 2.74. The highest BCUT2D eigenvalue weighted by Crippen LogP contribution is 2.15. The molecule has 1 heterocycles. The Labute approximate surface area is 103 Å². The number of carbonyl (C=O) groups excluding carboxylic acids is 1. The predicted octanol–water partition coefficient (Wildman–Crippen LogP) is -0.112. The van der Waals surface area contributed by atoms with Crippen molar-refractivity contribution in [1.29, 1.82) is 0 Å². The van der Waals surface area contributed by atoms with Gasteiger partial charge in [0.2, 0.25) is 5.91 Å². The van der Waals surface area contributed by atoms with Gasteiger partial charge in [-0.1, -0.05) is 13.3 Å². The third-order valence-electron chi connectivity index (χ3n) is 3.22. The van der Waals surface area contributed by atoms with Crippen molar-refractivity contribution in [3.63, 3.8) is 0 Å². The molecule has 0 aromatic carbocycles. The Kier molecular flexibility index (Phi) is 5.36. The third-order valence-corrected chi connectivity index (χ3v) is 3.22. The SMILES string of the molecule is CCCC(C)(O)CNC(=O)C1COCC1NC. The molecule has 3 N–H and O–H groups in total. The van der Waals surface area contributed by atoms with Crippen LogP contribution in [-0.2, 0) is 9.53 Å². The summed E-state index contributed by atoms with van der Waals surface area (Å²) in [6.45, 7) is 5.08. The summed E-state index contributed by atoms with van der Waals surface area (Å²) >= 11 is 0. The van der Waals surface area contributed by atoms with Gasteiger partial charge in [-0.25, -0.2) is 0 Å². The Morgan fingerprint density at radius 2 is 2.24 bits per heavy atom. The zero-order valence-electron chi connectivity index (χ0n) is 11.0. The molecule has 5 heteroatoms. The quantitative estimate of drug-likeness (QED) is 0.609. The maximum atomic E-state index is 11.9. The van der Waals surface area contributed by atoms with Crippen LogP contribution < -0.4 is 10.6 Å². The van der Waals surface area contributed by atoms with E-state index in [0.717, 1.165) is 6.42 Å². The molecule has 0 saturated carbocycles. The second-order valence-corrected chi connectivity index (χ2v) is 5.00. The first-order valence-corrected chi connectivity index (χ1v) is 6.25. The van der Waals surface area contributed by atoms with Crippen LogP contribution in [0.3, 0.4) is 0 Å². The van der Waals surface area contributed by atoms with Gasteiger partial charge in [-0.3, -0.25) is 4.79 Å². The highest BCUT2D eigenvalue weighted by atomic mass is 16.5. The molecule has 1 saturated heterocycles. The molecule has 0 bridgehead atoms. The van der Waals surface area contributed by atoms with Gasteiger partial charge in [0.1, 0.15) is 0 Å². The number of amides is 1.